The SMILES string of the molecule is C[C@H]1CCC[C@H](C)N1C(=O)COC(=O)c1cccc(S(=O)(=O)N2CCOCC2)c1. The molecule has 0 N–H and O–H groups in total. The minimum Gasteiger partial charge on any atom is -0.452 e. The highest BCUT2D eigenvalue weighted by Crippen LogP contribution is 2.23. The monoisotopic (exact) mass is 424 g/mol. The number of benzene rings is 1. The predicted octanol–water partition coefficient (Wildman–Crippen LogP) is 1.65. The highest BCUT2D eigenvalue weighted by Gasteiger charge is 2.30. The van der Waals surface area contributed by atoms with Crippen LogP contribution in [-0.4, -0.2) is 74.5 Å². The van der Waals surface area contributed by atoms with Crippen molar-refractivity contribution in [3.05, 3.63) is 29.8 Å². The Labute approximate surface area is 171 Å². The maximum Gasteiger partial charge on any atom is 0.338 e. The van der Waals surface area contributed by atoms with Gasteiger partial charge in [0.2, 0.25) is 10.0 Å². The van der Waals surface area contributed by atoms with E-state index in [1.807, 2.05) is 13.8 Å². The van der Waals surface area contributed by atoms with Gasteiger partial charge in [0.15, 0.2) is 6.61 Å². The Balaban J connectivity index is 1.65. The van der Waals surface area contributed by atoms with Crippen LogP contribution in [0.25, 0.3) is 0 Å². The number of hydrogen-bond acceptors (Lipinski definition) is 6. The Hall–Kier alpha value is -1.97. The van der Waals surface area contributed by atoms with E-state index in [0.29, 0.717) is 13.2 Å². The van der Waals surface area contributed by atoms with Gasteiger partial charge in [-0.15, -0.1) is 0 Å². The second-order valence-corrected chi connectivity index (χ2v) is 9.49. The van der Waals surface area contributed by atoms with Gasteiger partial charge >= 0.3 is 5.97 Å². The summed E-state index contributed by atoms with van der Waals surface area (Å²) in [7, 11) is -3.71. The summed E-state index contributed by atoms with van der Waals surface area (Å²) in [4.78, 5) is 26.8. The van der Waals surface area contributed by atoms with E-state index in [4.69, 9.17) is 9.47 Å². The molecule has 0 saturated carbocycles. The highest BCUT2D eigenvalue weighted by molar-refractivity contribution is 7.89. The van der Waals surface area contributed by atoms with Gasteiger partial charge in [0.05, 0.1) is 23.7 Å². The van der Waals surface area contributed by atoms with E-state index >= 15 is 0 Å². The van der Waals surface area contributed by atoms with Gasteiger partial charge in [-0.1, -0.05) is 6.07 Å². The van der Waals surface area contributed by atoms with Crippen LogP contribution in [0.3, 0.4) is 0 Å². The van der Waals surface area contributed by atoms with Crippen LogP contribution in [0.1, 0.15) is 43.5 Å². The van der Waals surface area contributed by atoms with E-state index in [1.165, 1.54) is 28.6 Å². The number of carbonyl (C=O) groups excluding carboxylic acids is 2. The number of likely N-dealkylation sites (tertiary alicyclic amines) is 1. The first-order chi connectivity index (χ1) is 13.8. The fraction of sp³-hybridized carbons (Fsp3) is 0.600. The van der Waals surface area contributed by atoms with E-state index in [9.17, 15) is 18.0 Å². The van der Waals surface area contributed by atoms with Gasteiger partial charge in [0, 0.05) is 25.2 Å². The van der Waals surface area contributed by atoms with Crippen molar-refractivity contribution in [3.8, 4) is 0 Å². The predicted molar refractivity (Wildman–Crippen MR) is 106 cm³/mol. The Kier molecular flexibility index (Phi) is 6.92. The third-order valence-electron chi connectivity index (χ3n) is 5.49. The molecule has 2 aliphatic rings. The molecular weight excluding hydrogens is 396 g/mol. The van der Waals surface area contributed by atoms with Crippen molar-refractivity contribution in [3.63, 3.8) is 0 Å². The molecule has 29 heavy (non-hydrogen) atoms. The number of nitrogens with zero attached hydrogens (tertiary/aromatic N) is 2. The minimum absolute atomic E-state index is 0.0263. The van der Waals surface area contributed by atoms with Crippen molar-refractivity contribution >= 4 is 21.9 Å². The molecule has 0 radical (unpaired) electrons. The van der Waals surface area contributed by atoms with Crippen LogP contribution in [0.2, 0.25) is 0 Å². The van der Waals surface area contributed by atoms with Crippen molar-refractivity contribution in [2.45, 2.75) is 50.1 Å². The number of sulfonamides is 1. The largest absolute Gasteiger partial charge is 0.452 e. The van der Waals surface area contributed by atoms with Crippen LogP contribution in [-0.2, 0) is 24.3 Å². The number of esters is 1. The number of piperidine rings is 1. The average molecular weight is 425 g/mol. The lowest BCUT2D eigenvalue weighted by atomic mass is 9.97. The summed E-state index contributed by atoms with van der Waals surface area (Å²) in [6.07, 6.45) is 2.95. The average Bonchev–Trinajstić information content (AvgIpc) is 2.72. The summed E-state index contributed by atoms with van der Waals surface area (Å²) in [6, 6.07) is 5.96. The van der Waals surface area contributed by atoms with Crippen molar-refractivity contribution in [1.29, 1.82) is 0 Å². The molecule has 0 spiro atoms. The molecule has 9 heteroatoms. The first-order valence-corrected chi connectivity index (χ1v) is 11.4. The summed E-state index contributed by atoms with van der Waals surface area (Å²) in [6.45, 7) is 4.88. The zero-order valence-corrected chi connectivity index (χ0v) is 17.7. The Morgan fingerprint density at radius 2 is 1.79 bits per heavy atom. The van der Waals surface area contributed by atoms with E-state index in [2.05, 4.69) is 0 Å². The second-order valence-electron chi connectivity index (χ2n) is 7.55. The molecule has 2 fully saturated rings. The third-order valence-corrected chi connectivity index (χ3v) is 7.38. The third kappa shape index (κ3) is 4.96. The number of amides is 1. The van der Waals surface area contributed by atoms with Gasteiger partial charge < -0.3 is 14.4 Å². The molecule has 2 saturated heterocycles. The molecule has 2 heterocycles. The lowest BCUT2D eigenvalue weighted by Crippen LogP contribution is -2.49. The van der Waals surface area contributed by atoms with Gasteiger partial charge in [0.1, 0.15) is 0 Å². The van der Waals surface area contributed by atoms with Gasteiger partial charge in [-0.3, -0.25) is 4.79 Å². The number of morpholine rings is 1. The van der Waals surface area contributed by atoms with Gasteiger partial charge in [-0.2, -0.15) is 4.31 Å². The fourth-order valence-corrected chi connectivity index (χ4v) is 5.37. The van der Waals surface area contributed by atoms with E-state index < -0.39 is 16.0 Å². The Morgan fingerprint density at radius 3 is 2.45 bits per heavy atom. The molecule has 160 valence electrons. The Morgan fingerprint density at radius 1 is 1.14 bits per heavy atom. The molecule has 8 nitrogen and oxygen atoms in total. The fourth-order valence-electron chi connectivity index (χ4n) is 3.92. The van der Waals surface area contributed by atoms with Crippen LogP contribution in [0.5, 0.6) is 0 Å². The molecule has 2 aliphatic heterocycles. The van der Waals surface area contributed by atoms with Crippen molar-refractivity contribution in [1.82, 2.24) is 9.21 Å². The van der Waals surface area contributed by atoms with Crippen molar-refractivity contribution in [2.24, 2.45) is 0 Å². The normalized spacial score (nSPS) is 23.6. The maximum absolute atomic E-state index is 12.8. The molecule has 1 aromatic rings. The molecule has 1 aromatic carbocycles. The van der Waals surface area contributed by atoms with Crippen LogP contribution in [0.15, 0.2) is 29.2 Å². The van der Waals surface area contributed by atoms with E-state index in [0.717, 1.165) is 19.3 Å². The molecule has 3 rings (SSSR count). The highest BCUT2D eigenvalue weighted by atomic mass is 32.2. The van der Waals surface area contributed by atoms with Gasteiger partial charge in [0.25, 0.3) is 5.91 Å². The molecule has 0 aromatic heterocycles. The zero-order valence-electron chi connectivity index (χ0n) is 16.9. The molecule has 0 aliphatic carbocycles. The topological polar surface area (TPSA) is 93.2 Å². The zero-order chi connectivity index (χ0) is 21.0. The summed E-state index contributed by atoms with van der Waals surface area (Å²) in [5.41, 5.74) is 0.104. The lowest BCUT2D eigenvalue weighted by molar-refractivity contribution is -0.140. The smallest absolute Gasteiger partial charge is 0.338 e. The second kappa shape index (κ2) is 9.23. The van der Waals surface area contributed by atoms with Crippen molar-refractivity contribution < 1.29 is 27.5 Å². The standard InChI is InChI=1S/C20H28N2O6S/c1-15-5-3-6-16(2)22(15)19(23)14-28-20(24)17-7-4-8-18(13-17)29(25,26)21-9-11-27-12-10-21/h4,7-8,13,15-16H,3,5-6,9-12,14H2,1-2H3/t15-,16-/m0/s1. The van der Waals surface area contributed by atoms with Crippen LogP contribution >= 0.6 is 0 Å². The molecule has 1 amide bonds. The lowest BCUT2D eigenvalue weighted by Gasteiger charge is -2.38. The number of carbonyl (C=O) groups is 2. The molecule has 2 atom stereocenters. The first-order valence-electron chi connectivity index (χ1n) is 9.97. The Bertz CT molecular complexity index is 840. The summed E-state index contributed by atoms with van der Waals surface area (Å²) in [5.74, 6) is -0.940. The minimum atomic E-state index is -3.71. The number of rotatable bonds is 5. The molecular formula is C20H28N2O6S. The van der Waals surface area contributed by atoms with E-state index in [-0.39, 0.29) is 48.1 Å². The van der Waals surface area contributed by atoms with Gasteiger partial charge in [-0.25, -0.2) is 13.2 Å². The van der Waals surface area contributed by atoms with Crippen molar-refractivity contribution in [2.75, 3.05) is 32.9 Å². The summed E-state index contributed by atoms with van der Waals surface area (Å²) < 4.78 is 37.3. The van der Waals surface area contributed by atoms with Crippen LogP contribution in [0, 0.1) is 0 Å². The quantitative estimate of drug-likeness (QED) is 0.668. The van der Waals surface area contributed by atoms with Crippen LogP contribution < -0.4 is 0 Å². The van der Waals surface area contributed by atoms with Crippen LogP contribution in [0.4, 0.5) is 0 Å². The maximum atomic E-state index is 12.8. The summed E-state index contributed by atoms with van der Waals surface area (Å²) in [5, 5.41) is 0. The first kappa shape index (κ1) is 21.7. The van der Waals surface area contributed by atoms with E-state index in [1.54, 1.807) is 4.90 Å². The molecule has 0 bridgehead atoms. The van der Waals surface area contributed by atoms with Gasteiger partial charge in [-0.05, 0) is 51.3 Å². The molecule has 0 unspecified atom stereocenters. The number of ether oxygens (including phenoxy) is 2. The summed E-state index contributed by atoms with van der Waals surface area (Å²) >= 11 is 0. The number of hydrogen-bond donors (Lipinski definition) is 0.